The van der Waals surface area contributed by atoms with Crippen LogP contribution in [0.25, 0.3) is 0 Å². The smallest absolute Gasteiger partial charge is 0.0469 e. The van der Waals surface area contributed by atoms with Crippen LogP contribution in [0.15, 0.2) is 0 Å². The van der Waals surface area contributed by atoms with Gasteiger partial charge in [0.15, 0.2) is 0 Å². The topological polar surface area (TPSA) is 24.5 Å². The van der Waals surface area contributed by atoms with Crippen LogP contribution in [-0.4, -0.2) is 50.3 Å². The lowest BCUT2D eigenvalue weighted by Crippen LogP contribution is -2.50. The highest BCUT2D eigenvalue weighted by Gasteiger charge is 2.25. The van der Waals surface area contributed by atoms with Gasteiger partial charge in [-0.3, -0.25) is 4.90 Å². The second kappa shape index (κ2) is 5.10. The van der Waals surface area contributed by atoms with Crippen LogP contribution in [0.2, 0.25) is 0 Å². The minimum Gasteiger partial charge on any atom is -0.381 e. The van der Waals surface area contributed by atoms with E-state index in [1.165, 1.54) is 25.9 Å². The van der Waals surface area contributed by atoms with Crippen molar-refractivity contribution in [2.75, 3.05) is 39.4 Å². The van der Waals surface area contributed by atoms with Gasteiger partial charge in [0.05, 0.1) is 0 Å². The Morgan fingerprint density at radius 1 is 1.21 bits per heavy atom. The lowest BCUT2D eigenvalue weighted by molar-refractivity contribution is 0.0272. The van der Waals surface area contributed by atoms with Crippen LogP contribution in [0.4, 0.5) is 0 Å². The number of hydrogen-bond acceptors (Lipinski definition) is 3. The van der Waals surface area contributed by atoms with Crippen LogP contribution < -0.4 is 5.32 Å². The zero-order valence-electron chi connectivity index (χ0n) is 9.17. The molecule has 1 N–H and O–H groups in total. The average molecular weight is 198 g/mol. The standard InChI is InChI=1S/C11H22N2O/c1-10(11-2-8-14-9-3-11)13-6-4-12-5-7-13/h10-12H,2-9H2,1H3. The molecule has 1 unspecified atom stereocenters. The molecule has 0 radical (unpaired) electrons. The summed E-state index contributed by atoms with van der Waals surface area (Å²) in [6, 6.07) is 0.751. The number of hydrogen-bond donors (Lipinski definition) is 1. The van der Waals surface area contributed by atoms with Crippen molar-refractivity contribution in [2.45, 2.75) is 25.8 Å². The summed E-state index contributed by atoms with van der Waals surface area (Å²) < 4.78 is 5.41. The summed E-state index contributed by atoms with van der Waals surface area (Å²) >= 11 is 0. The summed E-state index contributed by atoms with van der Waals surface area (Å²) in [6.07, 6.45) is 2.51. The van der Waals surface area contributed by atoms with Gasteiger partial charge >= 0.3 is 0 Å². The second-order valence-electron chi connectivity index (χ2n) is 4.48. The van der Waals surface area contributed by atoms with Crippen LogP contribution in [-0.2, 0) is 4.74 Å². The van der Waals surface area contributed by atoms with Gasteiger partial charge in [-0.25, -0.2) is 0 Å². The first-order valence-corrected chi connectivity index (χ1v) is 5.90. The molecule has 2 aliphatic heterocycles. The van der Waals surface area contributed by atoms with Crippen molar-refractivity contribution in [3.05, 3.63) is 0 Å². The van der Waals surface area contributed by atoms with Crippen molar-refractivity contribution < 1.29 is 4.74 Å². The third kappa shape index (κ3) is 2.47. The Morgan fingerprint density at radius 3 is 2.50 bits per heavy atom. The van der Waals surface area contributed by atoms with Crippen LogP contribution in [0.5, 0.6) is 0 Å². The molecule has 14 heavy (non-hydrogen) atoms. The van der Waals surface area contributed by atoms with Crippen molar-refractivity contribution in [1.82, 2.24) is 10.2 Å². The minimum absolute atomic E-state index is 0.751. The maximum Gasteiger partial charge on any atom is 0.0469 e. The molecule has 2 aliphatic rings. The zero-order chi connectivity index (χ0) is 9.80. The lowest BCUT2D eigenvalue weighted by atomic mass is 9.91. The van der Waals surface area contributed by atoms with Crippen molar-refractivity contribution in [1.29, 1.82) is 0 Å². The van der Waals surface area contributed by atoms with Gasteiger partial charge in [0.25, 0.3) is 0 Å². The van der Waals surface area contributed by atoms with Gasteiger partial charge in [-0.1, -0.05) is 0 Å². The Hall–Kier alpha value is -0.120. The van der Waals surface area contributed by atoms with Gasteiger partial charge in [-0.2, -0.15) is 0 Å². The minimum atomic E-state index is 0.751. The van der Waals surface area contributed by atoms with E-state index >= 15 is 0 Å². The van der Waals surface area contributed by atoms with Crippen LogP contribution in [0, 0.1) is 5.92 Å². The van der Waals surface area contributed by atoms with E-state index in [1.807, 2.05) is 0 Å². The molecule has 2 fully saturated rings. The van der Waals surface area contributed by atoms with Gasteiger partial charge in [0.2, 0.25) is 0 Å². The summed E-state index contributed by atoms with van der Waals surface area (Å²) in [5.74, 6) is 0.863. The predicted molar refractivity (Wildman–Crippen MR) is 57.4 cm³/mol. The summed E-state index contributed by atoms with van der Waals surface area (Å²) in [7, 11) is 0. The van der Waals surface area contributed by atoms with E-state index in [0.717, 1.165) is 38.3 Å². The Morgan fingerprint density at radius 2 is 1.86 bits per heavy atom. The molecule has 0 amide bonds. The average Bonchev–Trinajstić information content (AvgIpc) is 2.30. The molecule has 0 spiro atoms. The molecular weight excluding hydrogens is 176 g/mol. The molecule has 0 aromatic rings. The lowest BCUT2D eigenvalue weighted by Gasteiger charge is -2.38. The monoisotopic (exact) mass is 198 g/mol. The van der Waals surface area contributed by atoms with E-state index in [2.05, 4.69) is 17.1 Å². The number of ether oxygens (including phenoxy) is 1. The maximum absolute atomic E-state index is 5.41. The first-order valence-electron chi connectivity index (χ1n) is 5.90. The van der Waals surface area contributed by atoms with Gasteiger partial charge in [-0.15, -0.1) is 0 Å². The van der Waals surface area contributed by atoms with Crippen molar-refractivity contribution in [3.63, 3.8) is 0 Å². The summed E-state index contributed by atoms with van der Waals surface area (Å²) in [6.45, 7) is 9.10. The third-order valence-corrected chi connectivity index (χ3v) is 3.68. The number of nitrogens with one attached hydrogen (secondary N) is 1. The SMILES string of the molecule is CC(C1CCOCC1)N1CCNCC1. The molecule has 0 aliphatic carbocycles. The number of nitrogens with zero attached hydrogens (tertiary/aromatic N) is 1. The van der Waals surface area contributed by atoms with Gasteiger partial charge < -0.3 is 10.1 Å². The largest absolute Gasteiger partial charge is 0.381 e. The molecule has 2 heterocycles. The quantitative estimate of drug-likeness (QED) is 0.707. The molecule has 3 nitrogen and oxygen atoms in total. The molecule has 0 aromatic heterocycles. The fourth-order valence-electron chi connectivity index (χ4n) is 2.59. The molecule has 2 saturated heterocycles. The van der Waals surface area contributed by atoms with E-state index in [4.69, 9.17) is 4.74 Å². The maximum atomic E-state index is 5.41. The van der Waals surface area contributed by atoms with E-state index in [-0.39, 0.29) is 0 Å². The summed E-state index contributed by atoms with van der Waals surface area (Å²) in [5.41, 5.74) is 0. The Bertz CT molecular complexity index is 145. The highest BCUT2D eigenvalue weighted by atomic mass is 16.5. The summed E-state index contributed by atoms with van der Waals surface area (Å²) in [5, 5.41) is 3.41. The third-order valence-electron chi connectivity index (χ3n) is 3.68. The second-order valence-corrected chi connectivity index (χ2v) is 4.48. The fraction of sp³-hybridized carbons (Fsp3) is 1.00. The number of rotatable bonds is 2. The Labute approximate surface area is 86.8 Å². The van der Waals surface area contributed by atoms with Crippen molar-refractivity contribution in [2.24, 2.45) is 5.92 Å². The molecule has 1 atom stereocenters. The first kappa shape index (κ1) is 10.4. The van der Waals surface area contributed by atoms with E-state index < -0.39 is 0 Å². The summed E-state index contributed by atoms with van der Waals surface area (Å²) in [4.78, 5) is 2.63. The molecule has 0 bridgehead atoms. The first-order chi connectivity index (χ1) is 6.88. The van der Waals surface area contributed by atoms with Crippen LogP contribution >= 0.6 is 0 Å². The molecule has 0 aromatic carbocycles. The van der Waals surface area contributed by atoms with E-state index in [9.17, 15) is 0 Å². The van der Waals surface area contributed by atoms with Crippen molar-refractivity contribution in [3.8, 4) is 0 Å². The Balaban J connectivity index is 1.82. The fourth-order valence-corrected chi connectivity index (χ4v) is 2.59. The molecule has 0 saturated carbocycles. The van der Waals surface area contributed by atoms with Crippen LogP contribution in [0.1, 0.15) is 19.8 Å². The van der Waals surface area contributed by atoms with E-state index in [1.54, 1.807) is 0 Å². The molecular formula is C11H22N2O. The zero-order valence-corrected chi connectivity index (χ0v) is 9.17. The van der Waals surface area contributed by atoms with Gasteiger partial charge in [-0.05, 0) is 25.7 Å². The van der Waals surface area contributed by atoms with Crippen LogP contribution in [0.3, 0.4) is 0 Å². The molecule has 3 heteroatoms. The van der Waals surface area contributed by atoms with Gasteiger partial charge in [0, 0.05) is 45.4 Å². The van der Waals surface area contributed by atoms with Gasteiger partial charge in [0.1, 0.15) is 0 Å². The predicted octanol–water partition coefficient (Wildman–Crippen LogP) is 0.707. The van der Waals surface area contributed by atoms with Crippen molar-refractivity contribution >= 4 is 0 Å². The number of piperazine rings is 1. The molecule has 82 valence electrons. The molecule has 2 rings (SSSR count). The highest BCUT2D eigenvalue weighted by Crippen LogP contribution is 2.22. The van der Waals surface area contributed by atoms with E-state index in [0.29, 0.717) is 0 Å². The Kier molecular flexibility index (Phi) is 3.79. The highest BCUT2D eigenvalue weighted by molar-refractivity contribution is 4.80. The normalized spacial score (nSPS) is 28.9.